The van der Waals surface area contributed by atoms with Gasteiger partial charge < -0.3 is 20.3 Å². The Kier molecular flexibility index (Phi) is 6.93. The van der Waals surface area contributed by atoms with Gasteiger partial charge in [0, 0.05) is 26.2 Å². The number of amides is 1. The molecule has 3 atom stereocenters. The van der Waals surface area contributed by atoms with Gasteiger partial charge >= 0.3 is 0 Å². The highest BCUT2D eigenvalue weighted by molar-refractivity contribution is 5.82. The van der Waals surface area contributed by atoms with Gasteiger partial charge in [0.2, 0.25) is 5.91 Å². The molecule has 1 aliphatic carbocycles. The molecule has 1 aliphatic heterocycles. The second-order valence-corrected chi connectivity index (χ2v) is 6.55. The molecule has 1 saturated heterocycles. The number of nitrogens with zero attached hydrogens (tertiary/aromatic N) is 1. The lowest BCUT2D eigenvalue weighted by Crippen LogP contribution is -2.43. The van der Waals surface area contributed by atoms with E-state index in [1.54, 1.807) is 7.11 Å². The zero-order valence-electron chi connectivity index (χ0n) is 13.6. The maximum absolute atomic E-state index is 12.2. The molecule has 0 aromatic heterocycles. The van der Waals surface area contributed by atoms with Gasteiger partial charge in [-0.2, -0.15) is 0 Å². The molecule has 0 bridgehead atoms. The molecule has 21 heavy (non-hydrogen) atoms. The second kappa shape index (κ2) is 8.71. The molecule has 0 spiro atoms. The topological polar surface area (TPSA) is 53.6 Å². The van der Waals surface area contributed by atoms with Crippen molar-refractivity contribution in [3.63, 3.8) is 0 Å². The van der Waals surface area contributed by atoms with Crippen LogP contribution in [-0.2, 0) is 9.53 Å². The third-order valence-corrected chi connectivity index (χ3v) is 4.87. The first kappa shape index (κ1) is 16.7. The molecular weight excluding hydrogens is 266 g/mol. The zero-order chi connectivity index (χ0) is 15.1. The average molecular weight is 297 g/mol. The number of nitrogens with one attached hydrogen (secondary N) is 2. The summed E-state index contributed by atoms with van der Waals surface area (Å²) >= 11 is 0. The molecule has 3 unspecified atom stereocenters. The number of ether oxygens (including phenoxy) is 1. The van der Waals surface area contributed by atoms with Crippen LogP contribution in [0.2, 0.25) is 0 Å². The third-order valence-electron chi connectivity index (χ3n) is 4.87. The average Bonchev–Trinajstić information content (AvgIpc) is 2.93. The summed E-state index contributed by atoms with van der Waals surface area (Å²) in [6.45, 7) is 3.46. The minimum atomic E-state index is 0.0457. The van der Waals surface area contributed by atoms with E-state index < -0.39 is 0 Å². The summed E-state index contributed by atoms with van der Waals surface area (Å²) in [5.74, 6) is 0.929. The summed E-state index contributed by atoms with van der Waals surface area (Å²) in [5.41, 5.74) is 0. The predicted molar refractivity (Wildman–Crippen MR) is 84.3 cm³/mol. The Morgan fingerprint density at radius 2 is 2.14 bits per heavy atom. The summed E-state index contributed by atoms with van der Waals surface area (Å²) in [5, 5.41) is 6.62. The van der Waals surface area contributed by atoms with Crippen molar-refractivity contribution >= 4 is 5.91 Å². The van der Waals surface area contributed by atoms with Crippen molar-refractivity contribution in [2.45, 2.75) is 50.6 Å². The molecule has 1 heterocycles. The highest BCUT2D eigenvalue weighted by Crippen LogP contribution is 2.33. The van der Waals surface area contributed by atoms with Gasteiger partial charge in [-0.15, -0.1) is 0 Å². The number of likely N-dealkylation sites (N-methyl/N-ethyl adjacent to an activating group) is 1. The lowest BCUT2D eigenvalue weighted by atomic mass is 9.85. The summed E-state index contributed by atoms with van der Waals surface area (Å²) in [6, 6.07) is 0.638. The van der Waals surface area contributed by atoms with E-state index in [0.717, 1.165) is 45.0 Å². The van der Waals surface area contributed by atoms with Crippen LogP contribution >= 0.6 is 0 Å². The molecule has 2 rings (SSSR count). The van der Waals surface area contributed by atoms with Crippen LogP contribution in [0.25, 0.3) is 0 Å². The summed E-state index contributed by atoms with van der Waals surface area (Å²) in [4.78, 5) is 14.4. The Morgan fingerprint density at radius 1 is 1.33 bits per heavy atom. The fraction of sp³-hybridized carbons (Fsp3) is 0.938. The molecule has 2 N–H and O–H groups in total. The van der Waals surface area contributed by atoms with E-state index in [-0.39, 0.29) is 11.9 Å². The molecule has 0 aromatic carbocycles. The maximum atomic E-state index is 12.2. The number of methoxy groups -OCH3 is 1. The van der Waals surface area contributed by atoms with Crippen molar-refractivity contribution < 1.29 is 9.53 Å². The SMILES string of the molecule is COCCN(C)CCCNC(=O)C1CC2CCCCC2N1. The van der Waals surface area contributed by atoms with E-state index in [2.05, 4.69) is 22.6 Å². The van der Waals surface area contributed by atoms with Crippen LogP contribution in [-0.4, -0.2) is 63.3 Å². The lowest BCUT2D eigenvalue weighted by Gasteiger charge is -2.24. The molecular formula is C16H31N3O2. The molecule has 5 heteroatoms. The molecule has 5 nitrogen and oxygen atoms in total. The Bertz CT molecular complexity index is 311. The lowest BCUT2D eigenvalue weighted by molar-refractivity contribution is -0.122. The van der Waals surface area contributed by atoms with Gasteiger partial charge in [-0.05, 0) is 45.2 Å². The first-order valence-electron chi connectivity index (χ1n) is 8.42. The van der Waals surface area contributed by atoms with E-state index in [4.69, 9.17) is 4.74 Å². The number of carbonyl (C=O) groups excluding carboxylic acids is 1. The first-order chi connectivity index (χ1) is 10.2. The Hall–Kier alpha value is -0.650. The zero-order valence-corrected chi connectivity index (χ0v) is 13.6. The number of rotatable bonds is 8. The molecule has 122 valence electrons. The van der Waals surface area contributed by atoms with Crippen LogP contribution in [0.3, 0.4) is 0 Å². The van der Waals surface area contributed by atoms with Crippen molar-refractivity contribution in [3.8, 4) is 0 Å². The van der Waals surface area contributed by atoms with Crippen LogP contribution in [0, 0.1) is 5.92 Å². The van der Waals surface area contributed by atoms with E-state index >= 15 is 0 Å². The predicted octanol–water partition coefficient (Wildman–Crippen LogP) is 0.992. The van der Waals surface area contributed by atoms with Crippen molar-refractivity contribution in [3.05, 3.63) is 0 Å². The highest BCUT2D eigenvalue weighted by atomic mass is 16.5. The van der Waals surface area contributed by atoms with Gasteiger partial charge in [0.05, 0.1) is 12.6 Å². The van der Waals surface area contributed by atoms with Crippen molar-refractivity contribution in [1.29, 1.82) is 0 Å². The first-order valence-corrected chi connectivity index (χ1v) is 8.42. The number of fused-ring (bicyclic) bond motifs is 1. The maximum Gasteiger partial charge on any atom is 0.237 e. The van der Waals surface area contributed by atoms with Crippen LogP contribution in [0.5, 0.6) is 0 Å². The minimum Gasteiger partial charge on any atom is -0.383 e. The van der Waals surface area contributed by atoms with Crippen LogP contribution in [0.15, 0.2) is 0 Å². The van der Waals surface area contributed by atoms with E-state index in [1.807, 2.05) is 0 Å². The molecule has 0 radical (unpaired) electrons. The molecule has 0 aromatic rings. The molecule has 2 fully saturated rings. The Labute approximate surface area is 128 Å². The second-order valence-electron chi connectivity index (χ2n) is 6.55. The number of hydrogen-bond acceptors (Lipinski definition) is 4. The molecule has 1 saturated carbocycles. The van der Waals surface area contributed by atoms with E-state index in [1.165, 1.54) is 25.7 Å². The van der Waals surface area contributed by atoms with Gasteiger partial charge in [-0.25, -0.2) is 0 Å². The summed E-state index contributed by atoms with van der Waals surface area (Å²) in [7, 11) is 3.81. The van der Waals surface area contributed by atoms with Crippen molar-refractivity contribution in [2.24, 2.45) is 5.92 Å². The quantitative estimate of drug-likeness (QED) is 0.656. The fourth-order valence-electron chi connectivity index (χ4n) is 3.56. The number of carbonyl (C=O) groups is 1. The fourth-order valence-corrected chi connectivity index (χ4v) is 3.56. The smallest absolute Gasteiger partial charge is 0.237 e. The van der Waals surface area contributed by atoms with Crippen LogP contribution in [0.1, 0.15) is 38.5 Å². The van der Waals surface area contributed by atoms with Crippen LogP contribution in [0.4, 0.5) is 0 Å². The monoisotopic (exact) mass is 297 g/mol. The summed E-state index contributed by atoms with van der Waals surface area (Å²) < 4.78 is 5.05. The van der Waals surface area contributed by atoms with Crippen molar-refractivity contribution in [1.82, 2.24) is 15.5 Å². The number of hydrogen-bond donors (Lipinski definition) is 2. The van der Waals surface area contributed by atoms with Crippen molar-refractivity contribution in [2.75, 3.05) is 40.4 Å². The van der Waals surface area contributed by atoms with Gasteiger partial charge in [-0.1, -0.05) is 12.8 Å². The van der Waals surface area contributed by atoms with Gasteiger partial charge in [0.15, 0.2) is 0 Å². The van der Waals surface area contributed by atoms with Gasteiger partial charge in [-0.3, -0.25) is 4.79 Å². The van der Waals surface area contributed by atoms with Gasteiger partial charge in [0.1, 0.15) is 0 Å². The largest absolute Gasteiger partial charge is 0.383 e. The van der Waals surface area contributed by atoms with E-state index in [9.17, 15) is 4.79 Å². The highest BCUT2D eigenvalue weighted by Gasteiger charge is 2.37. The van der Waals surface area contributed by atoms with Crippen LogP contribution < -0.4 is 10.6 Å². The Morgan fingerprint density at radius 3 is 2.90 bits per heavy atom. The third kappa shape index (κ3) is 5.24. The molecule has 2 aliphatic rings. The summed E-state index contributed by atoms with van der Waals surface area (Å²) in [6.07, 6.45) is 7.22. The van der Waals surface area contributed by atoms with E-state index in [0.29, 0.717) is 6.04 Å². The molecule has 1 amide bonds. The van der Waals surface area contributed by atoms with Gasteiger partial charge in [0.25, 0.3) is 0 Å². The normalized spacial score (nSPS) is 28.6. The standard InChI is InChI=1S/C16H31N3O2/c1-19(10-11-21-2)9-5-8-17-16(20)15-12-13-6-3-4-7-14(13)18-15/h13-15,18H,3-12H2,1-2H3,(H,17,20). The minimum absolute atomic E-state index is 0.0457. The Balaban J connectivity index is 1.57.